The molecule has 1 aliphatic heterocycles. The van der Waals surface area contributed by atoms with Crippen molar-refractivity contribution in [3.05, 3.63) is 88.4 Å². The minimum Gasteiger partial charge on any atom is -0.628 e. The maximum atomic E-state index is 13.6. The molecule has 32 heavy (non-hydrogen) atoms. The van der Waals surface area contributed by atoms with Gasteiger partial charge in [0.1, 0.15) is 17.5 Å². The SMILES string of the molecule is CC(C)C1C(C=C[C@@H](O)C[C@@H](O)CC(=O)O)=C(c2ccc(F)cc2)c2ccccc2[NH+]1[O-]. The zero-order chi connectivity index (χ0) is 23.4. The van der Waals surface area contributed by atoms with Gasteiger partial charge in [-0.15, -0.1) is 0 Å². The molecule has 0 fully saturated rings. The van der Waals surface area contributed by atoms with E-state index in [0.29, 0.717) is 11.3 Å². The molecule has 170 valence electrons. The number of hydrogen-bond donors (Lipinski definition) is 4. The van der Waals surface area contributed by atoms with Crippen LogP contribution >= 0.6 is 0 Å². The minimum absolute atomic E-state index is 0.0264. The second kappa shape index (κ2) is 10.2. The highest BCUT2D eigenvalue weighted by molar-refractivity contribution is 5.89. The molecule has 7 heteroatoms. The molecule has 4 atom stereocenters. The first-order valence-corrected chi connectivity index (χ1v) is 10.6. The zero-order valence-corrected chi connectivity index (χ0v) is 18.0. The van der Waals surface area contributed by atoms with Crippen molar-refractivity contribution in [1.29, 1.82) is 0 Å². The van der Waals surface area contributed by atoms with E-state index in [9.17, 15) is 24.6 Å². The van der Waals surface area contributed by atoms with Gasteiger partial charge < -0.3 is 25.6 Å². The number of aliphatic hydroxyl groups excluding tert-OH is 2. The number of quaternary nitrogens is 1. The number of aliphatic hydroxyl groups is 2. The number of hydrogen-bond acceptors (Lipinski definition) is 4. The summed E-state index contributed by atoms with van der Waals surface area (Å²) in [4.78, 5) is 10.8. The van der Waals surface area contributed by atoms with Crippen LogP contribution < -0.4 is 5.06 Å². The predicted octanol–water partition coefficient (Wildman–Crippen LogP) is 2.82. The maximum absolute atomic E-state index is 13.6. The van der Waals surface area contributed by atoms with Crippen molar-refractivity contribution in [3.8, 4) is 0 Å². The fourth-order valence-electron chi connectivity index (χ4n) is 4.18. The number of benzene rings is 2. The van der Waals surface area contributed by atoms with Gasteiger partial charge in [0.05, 0.1) is 18.6 Å². The van der Waals surface area contributed by atoms with Gasteiger partial charge >= 0.3 is 5.97 Å². The molecule has 0 radical (unpaired) electrons. The molecule has 2 aromatic carbocycles. The normalized spacial score (nSPS) is 20.5. The van der Waals surface area contributed by atoms with Crippen LogP contribution in [0.2, 0.25) is 0 Å². The first-order chi connectivity index (χ1) is 15.2. The Kier molecular flexibility index (Phi) is 7.58. The lowest BCUT2D eigenvalue weighted by Crippen LogP contribution is -3.08. The van der Waals surface area contributed by atoms with E-state index in [1.165, 1.54) is 18.2 Å². The van der Waals surface area contributed by atoms with E-state index in [-0.39, 0.29) is 23.2 Å². The second-order valence-corrected chi connectivity index (χ2v) is 8.38. The van der Waals surface area contributed by atoms with E-state index in [1.807, 2.05) is 32.0 Å². The molecule has 1 aliphatic rings. The van der Waals surface area contributed by atoms with Crippen LogP contribution in [0.15, 0.2) is 66.3 Å². The molecule has 0 aliphatic carbocycles. The summed E-state index contributed by atoms with van der Waals surface area (Å²) < 4.78 is 13.6. The van der Waals surface area contributed by atoms with Gasteiger partial charge in [-0.25, -0.2) is 4.39 Å². The van der Waals surface area contributed by atoms with Crippen LogP contribution in [-0.2, 0) is 4.79 Å². The lowest BCUT2D eigenvalue weighted by Gasteiger charge is -2.40. The van der Waals surface area contributed by atoms with Crippen molar-refractivity contribution in [2.24, 2.45) is 5.92 Å². The van der Waals surface area contributed by atoms with Gasteiger partial charge in [0, 0.05) is 35.1 Å². The minimum atomic E-state index is -1.19. The standard InChI is InChI=1S/C25H28FNO5/c1-15(2)25-21(12-11-18(28)13-19(29)14-23(30)31)24(16-7-9-17(26)10-8-16)20-5-3-4-6-22(20)27(25)32/h3-12,15,18-19,25,27-29H,13-14H2,1-2H3,(H,30,31)/t18-,19-,25?/m1/s1. The largest absolute Gasteiger partial charge is 0.628 e. The predicted molar refractivity (Wildman–Crippen MR) is 120 cm³/mol. The third-order valence-electron chi connectivity index (χ3n) is 5.59. The molecule has 0 bridgehead atoms. The summed E-state index contributed by atoms with van der Waals surface area (Å²) in [6, 6.07) is 12.9. The summed E-state index contributed by atoms with van der Waals surface area (Å²) in [5.74, 6) is -1.56. The van der Waals surface area contributed by atoms with Crippen molar-refractivity contribution < 1.29 is 29.6 Å². The number of carbonyl (C=O) groups is 1. The first kappa shape index (κ1) is 23.8. The van der Waals surface area contributed by atoms with Gasteiger partial charge in [0.15, 0.2) is 0 Å². The Labute approximate surface area is 186 Å². The summed E-state index contributed by atoms with van der Waals surface area (Å²) in [6.07, 6.45) is 0.266. The van der Waals surface area contributed by atoms with Gasteiger partial charge in [-0.05, 0) is 23.8 Å². The Morgan fingerprint density at radius 2 is 1.81 bits per heavy atom. The van der Waals surface area contributed by atoms with Gasteiger partial charge in [0.2, 0.25) is 0 Å². The average Bonchev–Trinajstić information content (AvgIpc) is 2.72. The maximum Gasteiger partial charge on any atom is 0.305 e. The number of nitrogens with one attached hydrogen (secondary N) is 1. The Bertz CT molecular complexity index is 1020. The average molecular weight is 441 g/mol. The molecule has 2 unspecified atom stereocenters. The molecule has 0 amide bonds. The molecule has 4 N–H and O–H groups in total. The van der Waals surface area contributed by atoms with Crippen molar-refractivity contribution >= 4 is 17.2 Å². The molecular formula is C25H28FNO5. The summed E-state index contributed by atoms with van der Waals surface area (Å²) >= 11 is 0. The second-order valence-electron chi connectivity index (χ2n) is 8.38. The molecule has 1 heterocycles. The molecular weight excluding hydrogens is 413 g/mol. The Morgan fingerprint density at radius 3 is 2.44 bits per heavy atom. The number of rotatable bonds is 8. The van der Waals surface area contributed by atoms with E-state index < -0.39 is 30.6 Å². The third kappa shape index (κ3) is 5.31. The van der Waals surface area contributed by atoms with Crippen LogP contribution in [0, 0.1) is 16.9 Å². The Balaban J connectivity index is 2.10. The van der Waals surface area contributed by atoms with Gasteiger partial charge in [-0.2, -0.15) is 0 Å². The monoisotopic (exact) mass is 441 g/mol. The molecule has 3 rings (SSSR count). The quantitative estimate of drug-likeness (QED) is 0.472. The van der Waals surface area contributed by atoms with Crippen LogP contribution in [0.25, 0.3) is 5.57 Å². The van der Waals surface area contributed by atoms with Crippen LogP contribution in [0.3, 0.4) is 0 Å². The molecule has 0 aromatic heterocycles. The number of halogens is 1. The van der Waals surface area contributed by atoms with E-state index >= 15 is 0 Å². The van der Waals surface area contributed by atoms with E-state index in [1.54, 1.807) is 24.3 Å². The third-order valence-corrected chi connectivity index (χ3v) is 5.59. The molecule has 0 saturated carbocycles. The van der Waals surface area contributed by atoms with Gasteiger partial charge in [-0.1, -0.05) is 50.3 Å². The number of para-hydroxylation sites is 1. The van der Waals surface area contributed by atoms with E-state index in [2.05, 4.69) is 0 Å². The van der Waals surface area contributed by atoms with Crippen molar-refractivity contribution in [1.82, 2.24) is 0 Å². The van der Waals surface area contributed by atoms with Crippen LogP contribution in [0.4, 0.5) is 10.1 Å². The van der Waals surface area contributed by atoms with Crippen molar-refractivity contribution in [3.63, 3.8) is 0 Å². The lowest BCUT2D eigenvalue weighted by molar-refractivity contribution is -0.805. The summed E-state index contributed by atoms with van der Waals surface area (Å²) in [5.41, 5.74) is 3.56. The number of hydroxylamine groups is 1. The fourth-order valence-corrected chi connectivity index (χ4v) is 4.18. The van der Waals surface area contributed by atoms with Crippen LogP contribution in [0.1, 0.15) is 37.8 Å². The van der Waals surface area contributed by atoms with E-state index in [4.69, 9.17) is 5.11 Å². The zero-order valence-electron chi connectivity index (χ0n) is 18.0. The summed E-state index contributed by atoms with van der Waals surface area (Å²) in [6.45, 7) is 3.89. The number of fused-ring (bicyclic) bond motifs is 1. The smallest absolute Gasteiger partial charge is 0.305 e. The van der Waals surface area contributed by atoms with Gasteiger partial charge in [0.25, 0.3) is 0 Å². The highest BCUT2D eigenvalue weighted by atomic mass is 19.1. The number of aliphatic carboxylic acids is 1. The van der Waals surface area contributed by atoms with Crippen molar-refractivity contribution in [2.75, 3.05) is 0 Å². The van der Waals surface area contributed by atoms with Gasteiger partial charge in [-0.3, -0.25) is 4.79 Å². The van der Waals surface area contributed by atoms with Crippen LogP contribution in [0.5, 0.6) is 0 Å². The Morgan fingerprint density at radius 1 is 1.16 bits per heavy atom. The number of carboxylic acids is 1. The molecule has 6 nitrogen and oxygen atoms in total. The highest BCUT2D eigenvalue weighted by Gasteiger charge is 2.35. The lowest BCUT2D eigenvalue weighted by atomic mass is 9.81. The molecule has 0 saturated heterocycles. The van der Waals surface area contributed by atoms with E-state index in [0.717, 1.165) is 16.7 Å². The van der Waals surface area contributed by atoms with Crippen molar-refractivity contribution in [2.45, 2.75) is 44.9 Å². The number of carboxylic acid groups (broad SMARTS) is 1. The fraction of sp³-hybridized carbons (Fsp3) is 0.320. The van der Waals surface area contributed by atoms with Crippen LogP contribution in [-0.4, -0.2) is 39.5 Å². The summed E-state index contributed by atoms with van der Waals surface area (Å²) in [7, 11) is 0. The first-order valence-electron chi connectivity index (χ1n) is 10.6. The topological polar surface area (TPSA) is 105 Å². The molecule has 0 spiro atoms. The summed E-state index contributed by atoms with van der Waals surface area (Å²) in [5, 5.41) is 42.3. The highest BCUT2D eigenvalue weighted by Crippen LogP contribution is 2.37. The molecule has 2 aromatic rings. The Hall–Kier alpha value is -2.84.